The van der Waals surface area contributed by atoms with Crippen LogP contribution in [0.25, 0.3) is 0 Å². The standard InChI is InChI=1S/C14H21ClN2O2/c1-9(2)12-14(19)16-7-5-4-6-11(16)13(18)17(12)8-10(3)15/h9,11-12H,3-8H2,1-2H3. The van der Waals surface area contributed by atoms with Crippen LogP contribution in [-0.2, 0) is 9.59 Å². The van der Waals surface area contributed by atoms with Crippen molar-refractivity contribution < 1.29 is 9.59 Å². The molecule has 2 amide bonds. The molecular formula is C14H21ClN2O2. The maximum absolute atomic E-state index is 12.6. The van der Waals surface area contributed by atoms with E-state index in [1.165, 1.54) is 0 Å². The minimum absolute atomic E-state index is 0.0276. The van der Waals surface area contributed by atoms with E-state index in [0.29, 0.717) is 11.6 Å². The molecule has 2 aliphatic heterocycles. The summed E-state index contributed by atoms with van der Waals surface area (Å²) >= 11 is 5.86. The summed E-state index contributed by atoms with van der Waals surface area (Å²) in [6, 6.07) is -0.690. The number of hydrogen-bond donors (Lipinski definition) is 0. The Hall–Kier alpha value is -1.03. The summed E-state index contributed by atoms with van der Waals surface area (Å²) in [4.78, 5) is 28.6. The Kier molecular flexibility index (Phi) is 4.19. The van der Waals surface area contributed by atoms with Gasteiger partial charge in [-0.25, -0.2) is 0 Å². The van der Waals surface area contributed by atoms with Gasteiger partial charge in [0, 0.05) is 11.6 Å². The second-order valence-corrected chi connectivity index (χ2v) is 6.25. The molecule has 0 aliphatic carbocycles. The number of rotatable bonds is 3. The van der Waals surface area contributed by atoms with Gasteiger partial charge in [0.2, 0.25) is 11.8 Å². The summed E-state index contributed by atoms with van der Waals surface area (Å²) < 4.78 is 0. The molecule has 0 N–H and O–H groups in total. The molecule has 2 heterocycles. The highest BCUT2D eigenvalue weighted by Crippen LogP contribution is 2.29. The monoisotopic (exact) mass is 284 g/mol. The molecule has 0 aromatic rings. The first kappa shape index (κ1) is 14.4. The number of piperidine rings is 1. The topological polar surface area (TPSA) is 40.6 Å². The molecule has 4 nitrogen and oxygen atoms in total. The van der Waals surface area contributed by atoms with Crippen LogP contribution in [0.5, 0.6) is 0 Å². The second kappa shape index (κ2) is 5.53. The van der Waals surface area contributed by atoms with E-state index in [1.807, 2.05) is 13.8 Å². The van der Waals surface area contributed by atoms with E-state index in [0.717, 1.165) is 19.3 Å². The molecule has 0 radical (unpaired) electrons. The van der Waals surface area contributed by atoms with Gasteiger partial charge in [-0.05, 0) is 25.2 Å². The van der Waals surface area contributed by atoms with E-state index in [-0.39, 0.29) is 30.3 Å². The number of nitrogens with zero attached hydrogens (tertiary/aromatic N) is 2. The van der Waals surface area contributed by atoms with Gasteiger partial charge in [-0.1, -0.05) is 32.0 Å². The molecule has 2 fully saturated rings. The molecule has 2 unspecified atom stereocenters. The molecule has 2 atom stereocenters. The number of halogens is 1. The van der Waals surface area contributed by atoms with Crippen molar-refractivity contribution in [2.75, 3.05) is 13.1 Å². The summed E-state index contributed by atoms with van der Waals surface area (Å²) in [5.41, 5.74) is 0. The Morgan fingerprint density at radius 3 is 2.63 bits per heavy atom. The zero-order valence-corrected chi connectivity index (χ0v) is 12.3. The van der Waals surface area contributed by atoms with E-state index in [9.17, 15) is 9.59 Å². The fraction of sp³-hybridized carbons (Fsp3) is 0.714. The molecule has 2 aliphatic rings. The van der Waals surface area contributed by atoms with Crippen molar-refractivity contribution in [3.63, 3.8) is 0 Å². The first-order valence-electron chi connectivity index (χ1n) is 6.87. The molecule has 0 saturated carbocycles. The number of fused-ring (bicyclic) bond motifs is 1. The normalized spacial score (nSPS) is 27.8. The van der Waals surface area contributed by atoms with Crippen LogP contribution in [0.1, 0.15) is 33.1 Å². The largest absolute Gasteiger partial charge is 0.329 e. The lowest BCUT2D eigenvalue weighted by Crippen LogP contribution is -2.67. The molecule has 0 bridgehead atoms. The first-order chi connectivity index (χ1) is 8.93. The zero-order valence-electron chi connectivity index (χ0n) is 11.6. The molecule has 2 rings (SSSR count). The molecule has 2 saturated heterocycles. The van der Waals surface area contributed by atoms with Gasteiger partial charge in [-0.15, -0.1) is 0 Å². The third-order valence-corrected chi connectivity index (χ3v) is 4.04. The molecule has 5 heteroatoms. The van der Waals surface area contributed by atoms with Gasteiger partial charge in [0.25, 0.3) is 0 Å². The maximum atomic E-state index is 12.6. The second-order valence-electron chi connectivity index (χ2n) is 5.72. The van der Waals surface area contributed by atoms with E-state index < -0.39 is 6.04 Å². The van der Waals surface area contributed by atoms with E-state index in [2.05, 4.69) is 6.58 Å². The quantitative estimate of drug-likeness (QED) is 0.795. The van der Waals surface area contributed by atoms with Crippen LogP contribution < -0.4 is 0 Å². The number of carbonyl (C=O) groups excluding carboxylic acids is 2. The zero-order chi connectivity index (χ0) is 14.2. The van der Waals surface area contributed by atoms with Crippen LogP contribution in [0.4, 0.5) is 0 Å². The molecule has 0 aromatic heterocycles. The minimum Gasteiger partial charge on any atom is -0.329 e. The number of piperazine rings is 1. The lowest BCUT2D eigenvalue weighted by Gasteiger charge is -2.48. The number of hydrogen-bond acceptors (Lipinski definition) is 2. The maximum Gasteiger partial charge on any atom is 0.246 e. The smallest absolute Gasteiger partial charge is 0.246 e. The van der Waals surface area contributed by atoms with Gasteiger partial charge in [-0.3, -0.25) is 9.59 Å². The summed E-state index contributed by atoms with van der Waals surface area (Å²) in [7, 11) is 0. The van der Waals surface area contributed by atoms with Gasteiger partial charge in [0.05, 0.1) is 6.54 Å². The summed E-state index contributed by atoms with van der Waals surface area (Å²) in [6.07, 6.45) is 2.76. The fourth-order valence-electron chi connectivity index (χ4n) is 3.09. The third-order valence-electron chi connectivity index (χ3n) is 3.92. The molecular weight excluding hydrogens is 264 g/mol. The van der Waals surface area contributed by atoms with Gasteiger partial charge in [0.1, 0.15) is 12.1 Å². The number of carbonyl (C=O) groups is 2. The van der Waals surface area contributed by atoms with Crippen LogP contribution in [0.15, 0.2) is 11.6 Å². The summed E-state index contributed by atoms with van der Waals surface area (Å²) in [5, 5.41) is 0.399. The van der Waals surface area contributed by atoms with Crippen molar-refractivity contribution in [2.24, 2.45) is 5.92 Å². The van der Waals surface area contributed by atoms with Gasteiger partial charge in [-0.2, -0.15) is 0 Å². The Morgan fingerprint density at radius 1 is 1.37 bits per heavy atom. The highest BCUT2D eigenvalue weighted by atomic mass is 35.5. The Morgan fingerprint density at radius 2 is 2.05 bits per heavy atom. The Bertz CT molecular complexity index is 408. The minimum atomic E-state index is -0.405. The summed E-state index contributed by atoms with van der Waals surface area (Å²) in [6.45, 7) is 8.54. The molecule has 19 heavy (non-hydrogen) atoms. The van der Waals surface area contributed by atoms with E-state index in [4.69, 9.17) is 11.6 Å². The summed E-state index contributed by atoms with van der Waals surface area (Å²) in [5.74, 6) is 0.173. The number of amides is 2. The Labute approximate surface area is 119 Å². The van der Waals surface area contributed by atoms with Crippen LogP contribution in [0, 0.1) is 5.92 Å². The van der Waals surface area contributed by atoms with Crippen molar-refractivity contribution in [3.05, 3.63) is 11.6 Å². The van der Waals surface area contributed by atoms with Gasteiger partial charge in [0.15, 0.2) is 0 Å². The van der Waals surface area contributed by atoms with Gasteiger partial charge >= 0.3 is 0 Å². The lowest BCUT2D eigenvalue weighted by atomic mass is 9.91. The predicted octanol–water partition coefficient (Wildman–Crippen LogP) is 1.99. The van der Waals surface area contributed by atoms with Crippen LogP contribution in [-0.4, -0.2) is 46.8 Å². The molecule has 0 spiro atoms. The van der Waals surface area contributed by atoms with Crippen molar-refractivity contribution in [1.82, 2.24) is 9.80 Å². The average molecular weight is 285 g/mol. The van der Waals surface area contributed by atoms with Crippen LogP contribution in [0.2, 0.25) is 0 Å². The van der Waals surface area contributed by atoms with Crippen molar-refractivity contribution in [2.45, 2.75) is 45.2 Å². The first-order valence-corrected chi connectivity index (χ1v) is 7.25. The highest BCUT2D eigenvalue weighted by molar-refractivity contribution is 6.29. The molecule has 106 valence electrons. The van der Waals surface area contributed by atoms with Crippen molar-refractivity contribution in [1.29, 1.82) is 0 Å². The van der Waals surface area contributed by atoms with E-state index in [1.54, 1.807) is 9.80 Å². The molecule has 0 aromatic carbocycles. The van der Waals surface area contributed by atoms with Crippen molar-refractivity contribution in [3.8, 4) is 0 Å². The third kappa shape index (κ3) is 2.64. The van der Waals surface area contributed by atoms with Gasteiger partial charge < -0.3 is 9.80 Å². The lowest BCUT2D eigenvalue weighted by molar-refractivity contribution is -0.165. The average Bonchev–Trinajstić information content (AvgIpc) is 2.35. The fourth-order valence-corrected chi connectivity index (χ4v) is 3.22. The van der Waals surface area contributed by atoms with Crippen molar-refractivity contribution >= 4 is 23.4 Å². The SMILES string of the molecule is C=C(Cl)CN1C(=O)C2CCCCN2C(=O)C1C(C)C. The predicted molar refractivity (Wildman–Crippen MR) is 74.7 cm³/mol. The highest BCUT2D eigenvalue weighted by Gasteiger charge is 2.47. The van der Waals surface area contributed by atoms with Crippen LogP contribution in [0.3, 0.4) is 0 Å². The van der Waals surface area contributed by atoms with E-state index >= 15 is 0 Å². The van der Waals surface area contributed by atoms with Crippen LogP contribution >= 0.6 is 11.6 Å². The Balaban J connectivity index is 2.31.